The molecular formula is C16H24ClN3O. The average molecular weight is 310 g/mol. The van der Waals surface area contributed by atoms with Gasteiger partial charge in [0.1, 0.15) is 0 Å². The third-order valence-corrected chi connectivity index (χ3v) is 4.43. The first-order chi connectivity index (χ1) is 9.99. The number of anilines is 1. The lowest BCUT2D eigenvalue weighted by Crippen LogP contribution is -2.49. The quantitative estimate of drug-likeness (QED) is 0.899. The van der Waals surface area contributed by atoms with E-state index in [2.05, 4.69) is 17.1 Å². The highest BCUT2D eigenvalue weighted by Gasteiger charge is 2.26. The smallest absolute Gasteiger partial charge is 0.238 e. The first-order valence-corrected chi connectivity index (χ1v) is 7.87. The van der Waals surface area contributed by atoms with Crippen molar-refractivity contribution in [1.29, 1.82) is 0 Å². The van der Waals surface area contributed by atoms with Crippen molar-refractivity contribution in [3.63, 3.8) is 0 Å². The summed E-state index contributed by atoms with van der Waals surface area (Å²) in [6.45, 7) is 6.12. The molecule has 5 heteroatoms. The number of amides is 1. The highest BCUT2D eigenvalue weighted by atomic mass is 35.5. The Hall–Kier alpha value is -1.10. The normalized spacial score (nSPS) is 23.0. The van der Waals surface area contributed by atoms with Gasteiger partial charge in [0, 0.05) is 12.6 Å². The molecule has 1 aromatic carbocycles. The van der Waals surface area contributed by atoms with Crippen molar-refractivity contribution in [3.05, 3.63) is 28.8 Å². The minimum atomic E-state index is -0.0336. The van der Waals surface area contributed by atoms with E-state index in [1.54, 1.807) is 0 Å². The molecule has 4 nitrogen and oxygen atoms in total. The van der Waals surface area contributed by atoms with Gasteiger partial charge in [0.25, 0.3) is 0 Å². The number of hydrogen-bond donors (Lipinski definition) is 2. The number of nitrogens with two attached hydrogens (primary N) is 1. The maximum Gasteiger partial charge on any atom is 0.238 e. The van der Waals surface area contributed by atoms with Crippen LogP contribution in [0.15, 0.2) is 18.2 Å². The van der Waals surface area contributed by atoms with Crippen LogP contribution in [0.5, 0.6) is 0 Å². The van der Waals surface area contributed by atoms with Crippen LogP contribution in [0.3, 0.4) is 0 Å². The van der Waals surface area contributed by atoms with Crippen LogP contribution in [0.1, 0.15) is 25.3 Å². The summed E-state index contributed by atoms with van der Waals surface area (Å²) in [7, 11) is 0. The predicted octanol–water partition coefficient (Wildman–Crippen LogP) is 2.65. The van der Waals surface area contributed by atoms with Crippen molar-refractivity contribution in [2.75, 3.05) is 25.0 Å². The van der Waals surface area contributed by atoms with Crippen LogP contribution < -0.4 is 11.1 Å². The van der Waals surface area contributed by atoms with Gasteiger partial charge in [0.2, 0.25) is 5.91 Å². The maximum atomic E-state index is 12.2. The lowest BCUT2D eigenvalue weighted by Gasteiger charge is -2.37. The number of carbonyl (C=O) groups is 1. The summed E-state index contributed by atoms with van der Waals surface area (Å²) in [4.78, 5) is 14.4. The number of aryl methyl sites for hydroxylation is 1. The largest absolute Gasteiger partial charge is 0.329 e. The first kappa shape index (κ1) is 16.3. The number of benzene rings is 1. The molecule has 0 aromatic heterocycles. The molecule has 0 saturated carbocycles. The molecule has 2 unspecified atom stereocenters. The molecule has 1 aromatic rings. The molecule has 116 valence electrons. The van der Waals surface area contributed by atoms with Gasteiger partial charge in [-0.1, -0.05) is 24.6 Å². The van der Waals surface area contributed by atoms with E-state index in [0.717, 1.165) is 24.9 Å². The third-order valence-electron chi connectivity index (χ3n) is 4.12. The third kappa shape index (κ3) is 4.43. The molecular weight excluding hydrogens is 286 g/mol. The first-order valence-electron chi connectivity index (χ1n) is 7.49. The molecule has 2 atom stereocenters. The lowest BCUT2D eigenvalue weighted by atomic mass is 9.92. The number of piperidine rings is 1. The molecule has 3 N–H and O–H groups in total. The number of nitrogens with zero attached hydrogens (tertiary/aromatic N) is 1. The van der Waals surface area contributed by atoms with Crippen LogP contribution in [0, 0.1) is 12.8 Å². The Labute approximate surface area is 131 Å². The van der Waals surface area contributed by atoms with E-state index in [-0.39, 0.29) is 5.91 Å². The summed E-state index contributed by atoms with van der Waals surface area (Å²) >= 11 is 6.14. The molecule has 1 amide bonds. The minimum absolute atomic E-state index is 0.0336. The summed E-state index contributed by atoms with van der Waals surface area (Å²) < 4.78 is 0. The monoisotopic (exact) mass is 309 g/mol. The zero-order chi connectivity index (χ0) is 15.4. The number of halogens is 1. The van der Waals surface area contributed by atoms with Crippen molar-refractivity contribution < 1.29 is 4.79 Å². The van der Waals surface area contributed by atoms with Crippen LogP contribution in [-0.2, 0) is 4.79 Å². The summed E-state index contributed by atoms with van der Waals surface area (Å²) in [6.07, 6.45) is 2.18. The standard InChI is InChI=1S/C16H24ClN3O/c1-11-3-4-15(14(17)8-11)19-16(21)10-20-6-5-12(2)7-13(20)9-18/h3-4,8,12-13H,5-7,9-10,18H2,1-2H3,(H,19,21). The van der Waals surface area contributed by atoms with Gasteiger partial charge < -0.3 is 11.1 Å². The Bertz CT molecular complexity index is 506. The number of rotatable bonds is 4. The second-order valence-corrected chi connectivity index (χ2v) is 6.43. The molecule has 0 spiro atoms. The average Bonchev–Trinajstić information content (AvgIpc) is 2.44. The predicted molar refractivity (Wildman–Crippen MR) is 87.6 cm³/mol. The zero-order valence-corrected chi connectivity index (χ0v) is 13.5. The number of nitrogens with one attached hydrogen (secondary N) is 1. The molecule has 1 aliphatic heterocycles. The van der Waals surface area contributed by atoms with Crippen LogP contribution in [0.25, 0.3) is 0 Å². The fourth-order valence-electron chi connectivity index (χ4n) is 2.85. The lowest BCUT2D eigenvalue weighted by molar-refractivity contribution is -0.118. The van der Waals surface area contributed by atoms with E-state index in [9.17, 15) is 4.79 Å². The Morgan fingerprint density at radius 2 is 2.29 bits per heavy atom. The van der Waals surface area contributed by atoms with Crippen LogP contribution in [-0.4, -0.2) is 36.5 Å². The fourth-order valence-corrected chi connectivity index (χ4v) is 3.13. The topological polar surface area (TPSA) is 58.4 Å². The highest BCUT2D eigenvalue weighted by molar-refractivity contribution is 6.33. The number of hydrogen-bond acceptors (Lipinski definition) is 3. The van der Waals surface area contributed by atoms with Crippen molar-refractivity contribution >= 4 is 23.2 Å². The molecule has 0 radical (unpaired) electrons. The molecule has 1 heterocycles. The van der Waals surface area contributed by atoms with Gasteiger partial charge in [-0.05, 0) is 49.9 Å². The van der Waals surface area contributed by atoms with Gasteiger partial charge in [-0.2, -0.15) is 0 Å². The second-order valence-electron chi connectivity index (χ2n) is 6.02. The molecule has 2 rings (SSSR count). The Morgan fingerprint density at radius 3 is 2.95 bits per heavy atom. The van der Waals surface area contributed by atoms with E-state index in [1.165, 1.54) is 0 Å². The number of carbonyl (C=O) groups excluding carboxylic acids is 1. The molecule has 1 saturated heterocycles. The van der Waals surface area contributed by atoms with E-state index >= 15 is 0 Å². The van der Waals surface area contributed by atoms with Crippen LogP contribution in [0.2, 0.25) is 5.02 Å². The van der Waals surface area contributed by atoms with Crippen LogP contribution >= 0.6 is 11.6 Å². The zero-order valence-electron chi connectivity index (χ0n) is 12.7. The van der Waals surface area contributed by atoms with E-state index in [0.29, 0.717) is 35.8 Å². The van der Waals surface area contributed by atoms with Crippen molar-refractivity contribution in [2.45, 2.75) is 32.7 Å². The Morgan fingerprint density at radius 1 is 1.52 bits per heavy atom. The minimum Gasteiger partial charge on any atom is -0.329 e. The molecule has 1 fully saturated rings. The van der Waals surface area contributed by atoms with E-state index in [1.807, 2.05) is 25.1 Å². The van der Waals surface area contributed by atoms with Gasteiger partial charge in [0.15, 0.2) is 0 Å². The SMILES string of the molecule is Cc1ccc(NC(=O)CN2CCC(C)CC2CN)c(Cl)c1. The van der Waals surface area contributed by atoms with Crippen LogP contribution in [0.4, 0.5) is 5.69 Å². The fraction of sp³-hybridized carbons (Fsp3) is 0.562. The second kappa shape index (κ2) is 7.25. The van der Waals surface area contributed by atoms with Gasteiger partial charge >= 0.3 is 0 Å². The van der Waals surface area contributed by atoms with Gasteiger partial charge in [-0.25, -0.2) is 0 Å². The van der Waals surface area contributed by atoms with E-state index < -0.39 is 0 Å². The van der Waals surface area contributed by atoms with E-state index in [4.69, 9.17) is 17.3 Å². The van der Waals surface area contributed by atoms with Crippen molar-refractivity contribution in [3.8, 4) is 0 Å². The highest BCUT2D eigenvalue weighted by Crippen LogP contribution is 2.24. The van der Waals surface area contributed by atoms with Crippen molar-refractivity contribution in [2.24, 2.45) is 11.7 Å². The summed E-state index contributed by atoms with van der Waals surface area (Å²) in [5.41, 5.74) is 7.57. The Kier molecular flexibility index (Phi) is 5.62. The van der Waals surface area contributed by atoms with Gasteiger partial charge in [0.05, 0.1) is 17.3 Å². The van der Waals surface area contributed by atoms with Gasteiger partial charge in [-0.3, -0.25) is 9.69 Å². The molecule has 1 aliphatic rings. The molecule has 0 aliphatic carbocycles. The maximum absolute atomic E-state index is 12.2. The summed E-state index contributed by atoms with van der Waals surface area (Å²) in [5, 5.41) is 3.46. The van der Waals surface area contributed by atoms with Crippen molar-refractivity contribution in [1.82, 2.24) is 4.90 Å². The molecule has 21 heavy (non-hydrogen) atoms. The number of likely N-dealkylation sites (tertiary alicyclic amines) is 1. The summed E-state index contributed by atoms with van der Waals surface area (Å²) in [5.74, 6) is 0.651. The summed E-state index contributed by atoms with van der Waals surface area (Å²) in [6, 6.07) is 5.93. The Balaban J connectivity index is 1.94. The molecule has 0 bridgehead atoms. The van der Waals surface area contributed by atoms with Gasteiger partial charge in [-0.15, -0.1) is 0 Å².